The van der Waals surface area contributed by atoms with E-state index in [4.69, 9.17) is 0 Å². The maximum absolute atomic E-state index is 10.6. The first-order chi connectivity index (χ1) is 7.56. The van der Waals surface area contributed by atoms with Gasteiger partial charge in [0.05, 0.1) is 17.1 Å². The maximum atomic E-state index is 10.6. The average molecular weight is 222 g/mol. The van der Waals surface area contributed by atoms with E-state index in [1.54, 1.807) is 6.07 Å². The van der Waals surface area contributed by atoms with Gasteiger partial charge in [0, 0.05) is 17.8 Å². The third-order valence-corrected chi connectivity index (χ3v) is 2.99. The lowest BCUT2D eigenvalue weighted by Gasteiger charge is -2.17. The van der Waals surface area contributed by atoms with Crippen LogP contribution in [-0.4, -0.2) is 22.2 Å². The third-order valence-electron chi connectivity index (χ3n) is 2.99. The van der Waals surface area contributed by atoms with Crippen LogP contribution in [0.2, 0.25) is 0 Å². The highest BCUT2D eigenvalue weighted by Crippen LogP contribution is 2.39. The summed E-state index contributed by atoms with van der Waals surface area (Å²) in [5, 5.41) is 23.0. The normalized spacial score (nSPS) is 16.9. The van der Waals surface area contributed by atoms with Gasteiger partial charge in [-0.05, 0) is 25.3 Å². The van der Waals surface area contributed by atoms with Gasteiger partial charge < -0.3 is 10.4 Å². The van der Waals surface area contributed by atoms with Crippen molar-refractivity contribution in [3.8, 4) is 0 Å². The number of benzene rings is 1. The molecule has 1 saturated carbocycles. The molecule has 0 bridgehead atoms. The van der Waals surface area contributed by atoms with E-state index in [1.165, 1.54) is 12.1 Å². The molecule has 1 aromatic rings. The highest BCUT2D eigenvalue weighted by molar-refractivity contribution is 5.59. The minimum Gasteiger partial charge on any atom is -0.394 e. The molecule has 1 fully saturated rings. The molecule has 5 heteroatoms. The number of non-ortho nitro benzene ring substituents is 1. The molecule has 5 nitrogen and oxygen atoms in total. The third kappa shape index (κ3) is 1.99. The summed E-state index contributed by atoms with van der Waals surface area (Å²) in [5.41, 5.74) is 1.51. The number of aliphatic hydroxyl groups is 1. The molecule has 2 N–H and O–H groups in total. The first-order valence-corrected chi connectivity index (χ1v) is 5.20. The molecule has 0 aromatic heterocycles. The summed E-state index contributed by atoms with van der Waals surface area (Å²) < 4.78 is 0. The number of nitro benzene ring substituents is 1. The Labute approximate surface area is 93.2 Å². The Morgan fingerprint density at radius 1 is 1.56 bits per heavy atom. The van der Waals surface area contributed by atoms with Crippen molar-refractivity contribution in [3.63, 3.8) is 0 Å². The molecule has 16 heavy (non-hydrogen) atoms. The summed E-state index contributed by atoms with van der Waals surface area (Å²) in [6, 6.07) is 4.72. The molecular formula is C11H14N2O3. The minimum atomic E-state index is -0.414. The zero-order valence-electron chi connectivity index (χ0n) is 9.06. The average Bonchev–Trinajstić information content (AvgIpc) is 3.02. The predicted octanol–water partition coefficient (Wildman–Crippen LogP) is 1.84. The SMILES string of the molecule is Cc1ccc([N+](=O)[O-])cc1NC1(CO)CC1. The fourth-order valence-electron chi connectivity index (χ4n) is 1.62. The van der Waals surface area contributed by atoms with E-state index in [1.807, 2.05) is 6.92 Å². The van der Waals surface area contributed by atoms with Crippen LogP contribution in [0.25, 0.3) is 0 Å². The minimum absolute atomic E-state index is 0.0646. The van der Waals surface area contributed by atoms with Gasteiger partial charge in [-0.1, -0.05) is 6.07 Å². The van der Waals surface area contributed by atoms with Crippen LogP contribution in [0, 0.1) is 17.0 Å². The van der Waals surface area contributed by atoms with Gasteiger partial charge in [0.25, 0.3) is 5.69 Å². The number of nitrogens with zero attached hydrogens (tertiary/aromatic N) is 1. The van der Waals surface area contributed by atoms with Crippen LogP contribution in [0.15, 0.2) is 18.2 Å². The Bertz CT molecular complexity index is 427. The van der Waals surface area contributed by atoms with Crippen molar-refractivity contribution in [1.29, 1.82) is 0 Å². The number of anilines is 1. The van der Waals surface area contributed by atoms with Gasteiger partial charge in [0.15, 0.2) is 0 Å². The van der Waals surface area contributed by atoms with Crippen molar-refractivity contribution in [2.75, 3.05) is 11.9 Å². The standard InChI is InChI=1S/C11H14N2O3/c1-8-2-3-9(13(15)16)6-10(8)12-11(7-14)4-5-11/h2-3,6,12,14H,4-5,7H2,1H3. The highest BCUT2D eigenvalue weighted by Gasteiger charge is 2.42. The number of aliphatic hydroxyl groups excluding tert-OH is 1. The van der Waals surface area contributed by atoms with Crippen LogP contribution in [0.4, 0.5) is 11.4 Å². The first kappa shape index (κ1) is 10.9. The van der Waals surface area contributed by atoms with Crippen molar-refractivity contribution in [2.45, 2.75) is 25.3 Å². The Morgan fingerprint density at radius 2 is 2.25 bits per heavy atom. The summed E-state index contributed by atoms with van der Waals surface area (Å²) in [6.45, 7) is 1.95. The quantitative estimate of drug-likeness (QED) is 0.602. The van der Waals surface area contributed by atoms with Crippen molar-refractivity contribution in [2.24, 2.45) is 0 Å². The van der Waals surface area contributed by atoms with Gasteiger partial charge in [-0.25, -0.2) is 0 Å². The molecule has 0 saturated heterocycles. The van der Waals surface area contributed by atoms with Crippen LogP contribution < -0.4 is 5.32 Å². The number of nitro groups is 1. The summed E-state index contributed by atoms with van der Waals surface area (Å²) in [5.74, 6) is 0. The van der Waals surface area contributed by atoms with Gasteiger partial charge in [-0.15, -0.1) is 0 Å². The number of aryl methyl sites for hydroxylation is 1. The summed E-state index contributed by atoms with van der Waals surface area (Å²) in [6.07, 6.45) is 1.82. The van der Waals surface area contributed by atoms with E-state index < -0.39 is 4.92 Å². The summed E-state index contributed by atoms with van der Waals surface area (Å²) in [7, 11) is 0. The maximum Gasteiger partial charge on any atom is 0.271 e. The zero-order chi connectivity index (χ0) is 11.8. The molecule has 0 radical (unpaired) electrons. The molecule has 1 aliphatic carbocycles. The Hall–Kier alpha value is -1.62. The fourth-order valence-corrected chi connectivity index (χ4v) is 1.62. The largest absolute Gasteiger partial charge is 0.394 e. The lowest BCUT2D eigenvalue weighted by molar-refractivity contribution is -0.384. The molecule has 2 rings (SSSR count). The second kappa shape index (κ2) is 3.75. The summed E-state index contributed by atoms with van der Waals surface area (Å²) in [4.78, 5) is 10.2. The van der Waals surface area contributed by atoms with Crippen LogP contribution in [0.1, 0.15) is 18.4 Å². The Morgan fingerprint density at radius 3 is 2.75 bits per heavy atom. The van der Waals surface area contributed by atoms with Crippen molar-refractivity contribution in [1.82, 2.24) is 0 Å². The van der Waals surface area contributed by atoms with Gasteiger partial charge in [0.1, 0.15) is 0 Å². The van der Waals surface area contributed by atoms with E-state index in [0.717, 1.165) is 24.1 Å². The first-order valence-electron chi connectivity index (χ1n) is 5.20. The molecule has 0 heterocycles. The lowest BCUT2D eigenvalue weighted by atomic mass is 10.1. The van der Waals surface area contributed by atoms with E-state index in [-0.39, 0.29) is 17.8 Å². The smallest absolute Gasteiger partial charge is 0.271 e. The molecule has 0 unspecified atom stereocenters. The Balaban J connectivity index is 2.25. The van der Waals surface area contributed by atoms with E-state index in [0.29, 0.717) is 0 Å². The van der Waals surface area contributed by atoms with Gasteiger partial charge >= 0.3 is 0 Å². The molecule has 0 aliphatic heterocycles. The van der Waals surface area contributed by atoms with Gasteiger partial charge in [0.2, 0.25) is 0 Å². The number of nitrogens with one attached hydrogen (secondary N) is 1. The number of hydrogen-bond acceptors (Lipinski definition) is 4. The molecular weight excluding hydrogens is 208 g/mol. The summed E-state index contributed by atoms with van der Waals surface area (Å²) >= 11 is 0. The molecule has 1 aliphatic rings. The van der Waals surface area contributed by atoms with E-state index in [2.05, 4.69) is 5.32 Å². The molecule has 0 spiro atoms. The number of rotatable bonds is 4. The number of hydrogen-bond donors (Lipinski definition) is 2. The highest BCUT2D eigenvalue weighted by atomic mass is 16.6. The van der Waals surface area contributed by atoms with Gasteiger partial charge in [-0.2, -0.15) is 0 Å². The zero-order valence-corrected chi connectivity index (χ0v) is 9.06. The molecule has 1 aromatic carbocycles. The topological polar surface area (TPSA) is 75.4 Å². The molecule has 0 atom stereocenters. The molecule has 0 amide bonds. The second-order valence-corrected chi connectivity index (χ2v) is 4.32. The van der Waals surface area contributed by atoms with Crippen molar-refractivity contribution >= 4 is 11.4 Å². The van der Waals surface area contributed by atoms with Crippen LogP contribution in [0.3, 0.4) is 0 Å². The van der Waals surface area contributed by atoms with Crippen molar-refractivity contribution < 1.29 is 10.0 Å². The van der Waals surface area contributed by atoms with Crippen LogP contribution in [0.5, 0.6) is 0 Å². The Kier molecular flexibility index (Phi) is 2.55. The van der Waals surface area contributed by atoms with Crippen LogP contribution >= 0.6 is 0 Å². The van der Waals surface area contributed by atoms with Gasteiger partial charge in [-0.3, -0.25) is 10.1 Å². The fraction of sp³-hybridized carbons (Fsp3) is 0.455. The van der Waals surface area contributed by atoms with E-state index in [9.17, 15) is 15.2 Å². The monoisotopic (exact) mass is 222 g/mol. The van der Waals surface area contributed by atoms with Crippen molar-refractivity contribution in [3.05, 3.63) is 33.9 Å². The predicted molar refractivity (Wildman–Crippen MR) is 60.5 cm³/mol. The van der Waals surface area contributed by atoms with E-state index >= 15 is 0 Å². The lowest BCUT2D eigenvalue weighted by Crippen LogP contribution is -2.25. The molecule has 86 valence electrons. The second-order valence-electron chi connectivity index (χ2n) is 4.32. The van der Waals surface area contributed by atoms with Crippen LogP contribution in [-0.2, 0) is 0 Å².